The van der Waals surface area contributed by atoms with Crippen LogP contribution in [0.5, 0.6) is 0 Å². The Labute approximate surface area is 242 Å². The molecule has 3 aromatic heterocycles. The number of carbonyl (C=O) groups excluding carboxylic acids is 2. The molecule has 1 amide bonds. The summed E-state index contributed by atoms with van der Waals surface area (Å²) in [5, 5.41) is 0. The molecular weight excluding hydrogens is 556 g/mol. The van der Waals surface area contributed by atoms with Gasteiger partial charge in [0.2, 0.25) is 5.91 Å². The first-order chi connectivity index (χ1) is 18.9. The number of pyridine rings is 3. The van der Waals surface area contributed by atoms with Crippen molar-refractivity contribution in [3.8, 4) is 0 Å². The van der Waals surface area contributed by atoms with Gasteiger partial charge in [-0.3, -0.25) is 19.6 Å². The zero-order chi connectivity index (χ0) is 28.9. The van der Waals surface area contributed by atoms with Crippen LogP contribution in [0.15, 0.2) is 65.8 Å². The smallest absolute Gasteiger partial charge is 0.222 e. The van der Waals surface area contributed by atoms with Gasteiger partial charge in [0.05, 0.1) is 13.2 Å². The Morgan fingerprint density at radius 1 is 0.795 bits per heavy atom. The van der Waals surface area contributed by atoms with Crippen molar-refractivity contribution in [2.45, 2.75) is 66.7 Å². The molecule has 8 heteroatoms. The first-order valence-corrected chi connectivity index (χ1v) is 14.5. The standard InChI is InChI=1S/C10H13NO.C7H8BrN.C7H13NO2.C7H9N/c1-3-8-5-6-9(11-7-8)10(12)4-2;1-2-6-3-4-7(8)9-5-6;1-2-7(9)8-3-5-10-6-4-8;1-2-7-4-3-5-8-6-7/h5-7H,3-4H2,1-2H3;3-5H,2H2,1H3;2-6H2,1H3;3-6H,2H2,1H3. The van der Waals surface area contributed by atoms with Gasteiger partial charge in [0.25, 0.3) is 0 Å². The Morgan fingerprint density at radius 3 is 1.79 bits per heavy atom. The Morgan fingerprint density at radius 2 is 1.38 bits per heavy atom. The summed E-state index contributed by atoms with van der Waals surface area (Å²) in [5.41, 5.74) is 4.32. The van der Waals surface area contributed by atoms with Crippen molar-refractivity contribution in [2.24, 2.45) is 0 Å². The van der Waals surface area contributed by atoms with Crippen LogP contribution >= 0.6 is 15.9 Å². The van der Waals surface area contributed by atoms with Gasteiger partial charge < -0.3 is 9.64 Å². The molecule has 0 atom stereocenters. The summed E-state index contributed by atoms with van der Waals surface area (Å²) < 4.78 is 6.00. The van der Waals surface area contributed by atoms with E-state index in [2.05, 4.69) is 63.8 Å². The zero-order valence-electron chi connectivity index (χ0n) is 24.0. The number of morpholine rings is 1. The number of Topliss-reactive ketones (excluding diaryl/α,β-unsaturated/α-hetero) is 1. The number of amides is 1. The van der Waals surface area contributed by atoms with Gasteiger partial charge in [-0.15, -0.1) is 0 Å². The van der Waals surface area contributed by atoms with E-state index in [1.54, 1.807) is 18.5 Å². The van der Waals surface area contributed by atoms with E-state index in [4.69, 9.17) is 4.74 Å². The summed E-state index contributed by atoms with van der Waals surface area (Å²) in [7, 11) is 0. The number of halogens is 1. The number of nitrogens with zero attached hydrogens (tertiary/aromatic N) is 4. The fraction of sp³-hybridized carbons (Fsp3) is 0.452. The second kappa shape index (κ2) is 20.9. The van der Waals surface area contributed by atoms with Crippen molar-refractivity contribution in [1.29, 1.82) is 0 Å². The lowest BCUT2D eigenvalue weighted by atomic mass is 10.1. The van der Waals surface area contributed by atoms with Gasteiger partial charge in [-0.25, -0.2) is 4.98 Å². The molecule has 4 rings (SSSR count). The molecule has 0 radical (unpaired) electrons. The molecule has 1 aliphatic rings. The average molecular weight is 600 g/mol. The van der Waals surface area contributed by atoms with Crippen molar-refractivity contribution in [1.82, 2.24) is 19.9 Å². The van der Waals surface area contributed by atoms with Gasteiger partial charge in [-0.2, -0.15) is 0 Å². The van der Waals surface area contributed by atoms with Crippen LogP contribution in [0.1, 0.15) is 74.6 Å². The fourth-order valence-corrected chi connectivity index (χ4v) is 3.47. The summed E-state index contributed by atoms with van der Waals surface area (Å²) in [6.45, 7) is 13.0. The predicted octanol–water partition coefficient (Wildman–Crippen LogP) is 6.54. The molecule has 39 heavy (non-hydrogen) atoms. The Balaban J connectivity index is 0.000000263. The van der Waals surface area contributed by atoms with Crippen molar-refractivity contribution >= 4 is 27.6 Å². The summed E-state index contributed by atoms with van der Waals surface area (Å²) in [6.07, 6.45) is 11.6. The molecule has 0 spiro atoms. The van der Waals surface area contributed by atoms with E-state index >= 15 is 0 Å². The molecule has 0 saturated carbocycles. The number of ketones is 1. The van der Waals surface area contributed by atoms with Crippen LogP contribution in [0, 0.1) is 0 Å². The second-order valence-corrected chi connectivity index (χ2v) is 9.40. The summed E-state index contributed by atoms with van der Waals surface area (Å²) in [6, 6.07) is 11.8. The maximum atomic E-state index is 11.2. The minimum absolute atomic E-state index is 0.109. The predicted molar refractivity (Wildman–Crippen MR) is 161 cm³/mol. The van der Waals surface area contributed by atoms with Crippen LogP contribution in [0.2, 0.25) is 0 Å². The Kier molecular flexibility index (Phi) is 18.3. The first-order valence-electron chi connectivity index (χ1n) is 13.7. The van der Waals surface area contributed by atoms with Gasteiger partial charge in [-0.1, -0.05) is 52.8 Å². The third-order valence-electron chi connectivity index (χ3n) is 5.83. The largest absolute Gasteiger partial charge is 0.378 e. The van der Waals surface area contributed by atoms with E-state index in [-0.39, 0.29) is 11.7 Å². The number of hydrogen-bond donors (Lipinski definition) is 0. The maximum Gasteiger partial charge on any atom is 0.222 e. The van der Waals surface area contributed by atoms with Gasteiger partial charge in [0.1, 0.15) is 10.3 Å². The monoisotopic (exact) mass is 598 g/mol. The number of ether oxygens (including phenoxy) is 1. The van der Waals surface area contributed by atoms with Crippen molar-refractivity contribution in [2.75, 3.05) is 26.3 Å². The van der Waals surface area contributed by atoms with Gasteiger partial charge in [-0.05, 0) is 70.1 Å². The van der Waals surface area contributed by atoms with Crippen LogP contribution in [-0.2, 0) is 28.8 Å². The van der Waals surface area contributed by atoms with E-state index in [1.807, 2.05) is 49.3 Å². The number of aromatic nitrogens is 3. The van der Waals surface area contributed by atoms with Crippen molar-refractivity contribution in [3.63, 3.8) is 0 Å². The van der Waals surface area contributed by atoms with E-state index in [0.717, 1.165) is 37.0 Å². The highest BCUT2D eigenvalue weighted by Gasteiger charge is 2.13. The number of aryl methyl sites for hydroxylation is 3. The minimum Gasteiger partial charge on any atom is -0.378 e. The lowest BCUT2D eigenvalue weighted by molar-refractivity contribution is -0.134. The zero-order valence-corrected chi connectivity index (χ0v) is 25.6. The molecule has 0 aromatic carbocycles. The molecule has 1 saturated heterocycles. The lowest BCUT2D eigenvalue weighted by Gasteiger charge is -2.26. The minimum atomic E-state index is 0.109. The third kappa shape index (κ3) is 14.7. The SMILES string of the molecule is CCC(=O)N1CCOCC1.CCC(=O)c1ccc(CC)cn1.CCc1ccc(Br)nc1.CCc1cccnc1. The number of hydrogen-bond acceptors (Lipinski definition) is 6. The van der Waals surface area contributed by atoms with Crippen LogP contribution < -0.4 is 0 Å². The molecule has 3 aromatic rings. The van der Waals surface area contributed by atoms with E-state index in [1.165, 1.54) is 16.7 Å². The summed E-state index contributed by atoms with van der Waals surface area (Å²) in [4.78, 5) is 36.1. The van der Waals surface area contributed by atoms with Gasteiger partial charge >= 0.3 is 0 Å². The molecule has 0 unspecified atom stereocenters. The normalized spacial score (nSPS) is 12.0. The van der Waals surface area contributed by atoms with Crippen molar-refractivity contribution < 1.29 is 14.3 Å². The molecule has 0 aliphatic carbocycles. The highest BCUT2D eigenvalue weighted by Crippen LogP contribution is 2.06. The van der Waals surface area contributed by atoms with Gasteiger partial charge in [0, 0.05) is 50.7 Å². The molecule has 212 valence electrons. The molecule has 7 nitrogen and oxygen atoms in total. The molecule has 1 fully saturated rings. The lowest BCUT2D eigenvalue weighted by Crippen LogP contribution is -2.40. The third-order valence-corrected chi connectivity index (χ3v) is 6.30. The van der Waals surface area contributed by atoms with Crippen molar-refractivity contribution in [3.05, 3.63) is 88.2 Å². The quantitative estimate of drug-likeness (QED) is 0.236. The highest BCUT2D eigenvalue weighted by molar-refractivity contribution is 9.10. The summed E-state index contributed by atoms with van der Waals surface area (Å²) >= 11 is 3.26. The maximum absolute atomic E-state index is 11.2. The van der Waals surface area contributed by atoms with Crippen LogP contribution in [0.25, 0.3) is 0 Å². The first kappa shape index (κ1) is 34.1. The molecule has 4 heterocycles. The molecule has 0 bridgehead atoms. The van der Waals surface area contributed by atoms with Crippen LogP contribution in [-0.4, -0.2) is 57.8 Å². The Bertz CT molecular complexity index is 1060. The topological polar surface area (TPSA) is 85.3 Å². The summed E-state index contributed by atoms with van der Waals surface area (Å²) in [5.74, 6) is 0.348. The van der Waals surface area contributed by atoms with Gasteiger partial charge in [0.15, 0.2) is 5.78 Å². The highest BCUT2D eigenvalue weighted by atomic mass is 79.9. The van der Waals surface area contributed by atoms with Crippen LogP contribution in [0.3, 0.4) is 0 Å². The van der Waals surface area contributed by atoms with E-state index < -0.39 is 0 Å². The molecule has 1 aliphatic heterocycles. The molecule has 0 N–H and O–H groups in total. The number of carbonyl (C=O) groups is 2. The van der Waals surface area contributed by atoms with E-state index in [9.17, 15) is 9.59 Å². The van der Waals surface area contributed by atoms with Crippen LogP contribution in [0.4, 0.5) is 0 Å². The van der Waals surface area contributed by atoms with E-state index in [0.29, 0.717) is 31.7 Å². The fourth-order valence-electron chi connectivity index (χ4n) is 3.24. The number of rotatable bonds is 6. The average Bonchev–Trinajstić information content (AvgIpc) is 3.02. The Hall–Kier alpha value is -2.97. The molecular formula is C31H43BrN4O3. The second-order valence-electron chi connectivity index (χ2n) is 8.59.